The molecule has 3 rings (SSSR count). The van der Waals surface area contributed by atoms with Gasteiger partial charge in [-0.3, -0.25) is 4.68 Å². The third-order valence-corrected chi connectivity index (χ3v) is 4.33. The second-order valence-electron chi connectivity index (χ2n) is 5.60. The van der Waals surface area contributed by atoms with E-state index in [4.69, 9.17) is 16.3 Å². The molecule has 1 atom stereocenters. The Bertz CT molecular complexity index is 666. The largest absolute Gasteiger partial charge is 0.488 e. The SMILES string of the molecule is Cc1nn(C)c(C)c1CNCC1Cc2cc(Cl)ccc2O1. The van der Waals surface area contributed by atoms with E-state index in [-0.39, 0.29) is 6.10 Å². The zero-order valence-electron chi connectivity index (χ0n) is 12.6. The van der Waals surface area contributed by atoms with Crippen molar-refractivity contribution >= 4 is 11.6 Å². The lowest BCUT2D eigenvalue weighted by atomic mass is 10.1. The van der Waals surface area contributed by atoms with Gasteiger partial charge in [0.25, 0.3) is 0 Å². The highest BCUT2D eigenvalue weighted by molar-refractivity contribution is 6.30. The third kappa shape index (κ3) is 2.92. The summed E-state index contributed by atoms with van der Waals surface area (Å²) in [5, 5.41) is 8.68. The van der Waals surface area contributed by atoms with Gasteiger partial charge in [0.1, 0.15) is 11.9 Å². The maximum absolute atomic E-state index is 6.01. The number of ether oxygens (including phenoxy) is 1. The Kier molecular flexibility index (Phi) is 3.91. The highest BCUT2D eigenvalue weighted by Crippen LogP contribution is 2.30. The van der Waals surface area contributed by atoms with Gasteiger partial charge in [0.15, 0.2) is 0 Å². The molecule has 1 N–H and O–H groups in total. The predicted molar refractivity (Wildman–Crippen MR) is 84.0 cm³/mol. The smallest absolute Gasteiger partial charge is 0.123 e. The van der Waals surface area contributed by atoms with E-state index in [9.17, 15) is 0 Å². The molecule has 4 nitrogen and oxygen atoms in total. The van der Waals surface area contributed by atoms with Crippen LogP contribution < -0.4 is 10.1 Å². The number of hydrogen-bond acceptors (Lipinski definition) is 3. The Balaban J connectivity index is 1.56. The molecule has 0 amide bonds. The summed E-state index contributed by atoms with van der Waals surface area (Å²) in [6.07, 6.45) is 1.09. The van der Waals surface area contributed by atoms with Crippen molar-refractivity contribution in [2.75, 3.05) is 6.54 Å². The average Bonchev–Trinajstić information content (AvgIpc) is 2.93. The monoisotopic (exact) mass is 305 g/mol. The summed E-state index contributed by atoms with van der Waals surface area (Å²) in [6, 6.07) is 5.82. The van der Waals surface area contributed by atoms with Gasteiger partial charge in [-0.05, 0) is 37.6 Å². The molecule has 0 aliphatic carbocycles. The zero-order chi connectivity index (χ0) is 15.0. The van der Waals surface area contributed by atoms with E-state index in [2.05, 4.69) is 17.3 Å². The standard InChI is InChI=1S/C16H20ClN3O/c1-10-15(11(2)20(3)19-10)9-18-8-14-7-12-6-13(17)4-5-16(12)21-14/h4-6,14,18H,7-9H2,1-3H3. The van der Waals surface area contributed by atoms with Crippen LogP contribution in [0.15, 0.2) is 18.2 Å². The molecule has 2 aromatic rings. The van der Waals surface area contributed by atoms with Crippen molar-refractivity contribution in [2.24, 2.45) is 7.05 Å². The number of nitrogens with zero attached hydrogens (tertiary/aromatic N) is 2. The van der Waals surface area contributed by atoms with Gasteiger partial charge < -0.3 is 10.1 Å². The molecule has 0 bridgehead atoms. The van der Waals surface area contributed by atoms with Crippen LogP contribution in [-0.2, 0) is 20.0 Å². The lowest BCUT2D eigenvalue weighted by molar-refractivity contribution is 0.227. The molecule has 1 aliphatic heterocycles. The van der Waals surface area contributed by atoms with Crippen LogP contribution in [0.5, 0.6) is 5.75 Å². The van der Waals surface area contributed by atoms with Gasteiger partial charge in [0.05, 0.1) is 5.69 Å². The van der Waals surface area contributed by atoms with Crippen molar-refractivity contribution in [2.45, 2.75) is 32.9 Å². The summed E-state index contributed by atoms with van der Waals surface area (Å²) in [7, 11) is 1.98. The van der Waals surface area contributed by atoms with Gasteiger partial charge in [-0.25, -0.2) is 0 Å². The van der Waals surface area contributed by atoms with Crippen LogP contribution in [0.25, 0.3) is 0 Å². The van der Waals surface area contributed by atoms with Gasteiger partial charge in [-0.2, -0.15) is 5.10 Å². The van der Waals surface area contributed by atoms with E-state index in [0.29, 0.717) is 0 Å². The van der Waals surface area contributed by atoms with Crippen LogP contribution in [-0.4, -0.2) is 22.4 Å². The molecule has 2 heterocycles. The summed E-state index contributed by atoms with van der Waals surface area (Å²) < 4.78 is 7.85. The highest BCUT2D eigenvalue weighted by Gasteiger charge is 2.22. The number of halogens is 1. The maximum atomic E-state index is 6.01. The number of benzene rings is 1. The average molecular weight is 306 g/mol. The minimum absolute atomic E-state index is 0.177. The van der Waals surface area contributed by atoms with Gasteiger partial charge in [0.2, 0.25) is 0 Å². The zero-order valence-corrected chi connectivity index (χ0v) is 13.4. The number of aryl methyl sites for hydroxylation is 2. The van der Waals surface area contributed by atoms with Crippen LogP contribution >= 0.6 is 11.6 Å². The Morgan fingerprint density at radius 1 is 1.43 bits per heavy atom. The van der Waals surface area contributed by atoms with E-state index < -0.39 is 0 Å². The number of rotatable bonds is 4. The molecule has 0 saturated heterocycles. The fourth-order valence-electron chi connectivity index (χ4n) is 2.83. The highest BCUT2D eigenvalue weighted by atomic mass is 35.5. The maximum Gasteiger partial charge on any atom is 0.123 e. The first-order chi connectivity index (χ1) is 10.0. The van der Waals surface area contributed by atoms with Gasteiger partial charge >= 0.3 is 0 Å². The van der Waals surface area contributed by atoms with Crippen LogP contribution in [0.1, 0.15) is 22.5 Å². The molecule has 0 saturated carbocycles. The summed E-state index contributed by atoms with van der Waals surface area (Å²) >= 11 is 6.01. The Morgan fingerprint density at radius 3 is 2.95 bits per heavy atom. The quantitative estimate of drug-likeness (QED) is 0.944. The second-order valence-corrected chi connectivity index (χ2v) is 6.04. The molecule has 112 valence electrons. The Hall–Kier alpha value is -1.52. The van der Waals surface area contributed by atoms with Crippen LogP contribution in [0.3, 0.4) is 0 Å². The first-order valence-electron chi connectivity index (χ1n) is 7.19. The molecule has 1 unspecified atom stereocenters. The van der Waals surface area contributed by atoms with Gasteiger partial charge in [-0.15, -0.1) is 0 Å². The van der Waals surface area contributed by atoms with Crippen molar-refractivity contribution in [3.05, 3.63) is 45.7 Å². The lowest BCUT2D eigenvalue weighted by Gasteiger charge is -2.12. The summed E-state index contributed by atoms with van der Waals surface area (Å²) in [4.78, 5) is 0. The van der Waals surface area contributed by atoms with Crippen molar-refractivity contribution < 1.29 is 4.74 Å². The molecule has 5 heteroatoms. The fourth-order valence-corrected chi connectivity index (χ4v) is 3.03. The van der Waals surface area contributed by atoms with E-state index >= 15 is 0 Å². The first kappa shape index (κ1) is 14.4. The van der Waals surface area contributed by atoms with E-state index in [1.54, 1.807) is 0 Å². The molecule has 1 aliphatic rings. The fraction of sp³-hybridized carbons (Fsp3) is 0.438. The molecular weight excluding hydrogens is 286 g/mol. The summed E-state index contributed by atoms with van der Waals surface area (Å²) in [6.45, 7) is 5.79. The van der Waals surface area contributed by atoms with Crippen molar-refractivity contribution in [3.63, 3.8) is 0 Å². The van der Waals surface area contributed by atoms with Crippen molar-refractivity contribution in [1.29, 1.82) is 0 Å². The molecule has 0 radical (unpaired) electrons. The minimum Gasteiger partial charge on any atom is -0.488 e. The molecule has 0 fully saturated rings. The Labute approximate surface area is 130 Å². The van der Waals surface area contributed by atoms with Crippen LogP contribution in [0.4, 0.5) is 0 Å². The number of aromatic nitrogens is 2. The Morgan fingerprint density at radius 2 is 2.24 bits per heavy atom. The van der Waals surface area contributed by atoms with Crippen molar-refractivity contribution in [1.82, 2.24) is 15.1 Å². The van der Waals surface area contributed by atoms with E-state index in [1.165, 1.54) is 16.8 Å². The molecule has 21 heavy (non-hydrogen) atoms. The van der Waals surface area contributed by atoms with E-state index in [0.717, 1.165) is 36.0 Å². The third-order valence-electron chi connectivity index (χ3n) is 4.10. The lowest BCUT2D eigenvalue weighted by Crippen LogP contribution is -2.30. The molecule has 0 spiro atoms. The molecule has 1 aromatic carbocycles. The normalized spacial score (nSPS) is 16.9. The summed E-state index contributed by atoms with van der Waals surface area (Å²) in [5.41, 5.74) is 4.77. The summed E-state index contributed by atoms with van der Waals surface area (Å²) in [5.74, 6) is 0.958. The minimum atomic E-state index is 0.177. The predicted octanol–water partition coefficient (Wildman–Crippen LogP) is 2.78. The topological polar surface area (TPSA) is 39.1 Å². The first-order valence-corrected chi connectivity index (χ1v) is 7.57. The van der Waals surface area contributed by atoms with Crippen LogP contribution in [0, 0.1) is 13.8 Å². The number of fused-ring (bicyclic) bond motifs is 1. The second kappa shape index (κ2) is 5.70. The molecule has 1 aromatic heterocycles. The van der Waals surface area contributed by atoms with Gasteiger partial charge in [0, 0.05) is 42.8 Å². The van der Waals surface area contributed by atoms with Crippen LogP contribution in [0.2, 0.25) is 5.02 Å². The van der Waals surface area contributed by atoms with E-state index in [1.807, 2.05) is 36.9 Å². The number of nitrogens with one attached hydrogen (secondary N) is 1. The number of hydrogen-bond donors (Lipinski definition) is 1. The molecular formula is C16H20ClN3O. The van der Waals surface area contributed by atoms with Gasteiger partial charge in [-0.1, -0.05) is 11.6 Å². The van der Waals surface area contributed by atoms with Crippen molar-refractivity contribution in [3.8, 4) is 5.75 Å².